The predicted molar refractivity (Wildman–Crippen MR) is 66.7 cm³/mol. The van der Waals surface area contributed by atoms with E-state index >= 15 is 0 Å². The summed E-state index contributed by atoms with van der Waals surface area (Å²) >= 11 is 0. The van der Waals surface area contributed by atoms with Gasteiger partial charge in [0.2, 0.25) is 0 Å². The molecule has 0 heterocycles. The highest BCUT2D eigenvalue weighted by atomic mass is 14.3. The molecule has 0 aromatic carbocycles. The molecule has 0 aliphatic heterocycles. The Morgan fingerprint density at radius 3 is 2.60 bits per heavy atom. The maximum atomic E-state index is 2.50. The first-order valence-corrected chi connectivity index (χ1v) is 6.49. The van der Waals surface area contributed by atoms with Crippen molar-refractivity contribution in [1.29, 1.82) is 0 Å². The van der Waals surface area contributed by atoms with Crippen LogP contribution in [0.2, 0.25) is 0 Å². The predicted octanol–water partition coefficient (Wildman–Crippen LogP) is 4.73. The second-order valence-electron chi connectivity index (χ2n) is 5.80. The van der Waals surface area contributed by atoms with Crippen molar-refractivity contribution in [2.24, 2.45) is 17.8 Å². The van der Waals surface area contributed by atoms with E-state index in [1.54, 1.807) is 16.7 Å². The van der Waals surface area contributed by atoms with E-state index in [0.717, 1.165) is 17.8 Å². The quantitative estimate of drug-likeness (QED) is 0.579. The van der Waals surface area contributed by atoms with Crippen LogP contribution >= 0.6 is 0 Å². The maximum Gasteiger partial charge on any atom is -0.0139 e. The highest BCUT2D eigenvalue weighted by Crippen LogP contribution is 2.43. The first kappa shape index (κ1) is 11.0. The molecule has 0 unspecified atom stereocenters. The summed E-state index contributed by atoms with van der Waals surface area (Å²) in [4.78, 5) is 0. The highest BCUT2D eigenvalue weighted by molar-refractivity contribution is 5.37. The zero-order chi connectivity index (χ0) is 11.0. The summed E-state index contributed by atoms with van der Waals surface area (Å²) in [6.07, 6.45) is 7.95. The van der Waals surface area contributed by atoms with Gasteiger partial charge in [-0.15, -0.1) is 0 Å². The number of allylic oxidation sites excluding steroid dienone is 4. The van der Waals surface area contributed by atoms with E-state index in [9.17, 15) is 0 Å². The fraction of sp³-hybridized carbons (Fsp3) is 0.733. The van der Waals surface area contributed by atoms with E-state index in [-0.39, 0.29) is 0 Å². The molecule has 0 saturated heterocycles. The van der Waals surface area contributed by atoms with Crippen LogP contribution in [0.15, 0.2) is 22.8 Å². The normalized spacial score (nSPS) is 31.7. The van der Waals surface area contributed by atoms with Gasteiger partial charge in [-0.25, -0.2) is 0 Å². The smallest absolute Gasteiger partial charge is 0.0139 e. The molecule has 0 fully saturated rings. The molecule has 0 amide bonds. The van der Waals surface area contributed by atoms with Crippen LogP contribution in [-0.4, -0.2) is 0 Å². The minimum atomic E-state index is 0.810. The molecule has 84 valence electrons. The Bertz CT molecular complexity index is 304. The van der Waals surface area contributed by atoms with E-state index in [0.29, 0.717) is 0 Å². The van der Waals surface area contributed by atoms with E-state index in [1.807, 2.05) is 0 Å². The third-order valence-corrected chi connectivity index (χ3v) is 4.27. The summed E-state index contributed by atoms with van der Waals surface area (Å²) in [5.74, 6) is 2.50. The van der Waals surface area contributed by atoms with Gasteiger partial charge in [-0.05, 0) is 55.9 Å². The average Bonchev–Trinajstić information content (AvgIpc) is 2.17. The zero-order valence-corrected chi connectivity index (χ0v) is 10.6. The van der Waals surface area contributed by atoms with Gasteiger partial charge in [-0.3, -0.25) is 0 Å². The minimum Gasteiger partial charge on any atom is -0.0727 e. The van der Waals surface area contributed by atoms with Gasteiger partial charge in [0.15, 0.2) is 0 Å². The standard InChI is InChI=1S/C15H24/c1-10(2)13-8-6-12(4)14-7-5-11(3)9-15(13)14/h9-10,12-13H,5-8H2,1-4H3/t12-,13+/m0/s1. The van der Waals surface area contributed by atoms with Crippen LogP contribution in [0.4, 0.5) is 0 Å². The molecule has 0 radical (unpaired) electrons. The van der Waals surface area contributed by atoms with Crippen molar-refractivity contribution in [3.05, 3.63) is 22.8 Å². The summed E-state index contributed by atoms with van der Waals surface area (Å²) in [5.41, 5.74) is 5.09. The molecule has 2 rings (SSSR count). The van der Waals surface area contributed by atoms with Gasteiger partial charge in [-0.1, -0.05) is 38.0 Å². The van der Waals surface area contributed by atoms with E-state index < -0.39 is 0 Å². The first-order chi connectivity index (χ1) is 7.09. The third kappa shape index (κ3) is 2.04. The Kier molecular flexibility index (Phi) is 3.04. The molecule has 0 heteroatoms. The average molecular weight is 204 g/mol. The molecule has 0 spiro atoms. The van der Waals surface area contributed by atoms with Gasteiger partial charge in [0.25, 0.3) is 0 Å². The lowest BCUT2D eigenvalue weighted by atomic mass is 9.69. The minimum absolute atomic E-state index is 0.810. The highest BCUT2D eigenvalue weighted by Gasteiger charge is 2.29. The molecule has 2 aliphatic rings. The lowest BCUT2D eigenvalue weighted by molar-refractivity contribution is 0.349. The Balaban J connectivity index is 2.36. The summed E-state index contributed by atoms with van der Waals surface area (Å²) in [5, 5.41) is 0. The van der Waals surface area contributed by atoms with Gasteiger partial charge in [-0.2, -0.15) is 0 Å². The van der Waals surface area contributed by atoms with Crippen LogP contribution in [0.5, 0.6) is 0 Å². The van der Waals surface area contributed by atoms with E-state index in [2.05, 4.69) is 33.8 Å². The van der Waals surface area contributed by atoms with Gasteiger partial charge < -0.3 is 0 Å². The van der Waals surface area contributed by atoms with Crippen LogP contribution in [0, 0.1) is 17.8 Å². The molecule has 0 saturated carbocycles. The van der Waals surface area contributed by atoms with Crippen LogP contribution in [0.3, 0.4) is 0 Å². The lowest BCUT2D eigenvalue weighted by Gasteiger charge is -2.36. The Hall–Kier alpha value is -0.520. The maximum absolute atomic E-state index is 2.50. The number of rotatable bonds is 1. The summed E-state index contributed by atoms with van der Waals surface area (Å²) in [7, 11) is 0. The van der Waals surface area contributed by atoms with Gasteiger partial charge in [0.05, 0.1) is 0 Å². The van der Waals surface area contributed by atoms with Crippen molar-refractivity contribution in [3.8, 4) is 0 Å². The fourth-order valence-corrected chi connectivity index (χ4v) is 3.23. The molecule has 2 atom stereocenters. The molecule has 2 aliphatic carbocycles. The topological polar surface area (TPSA) is 0 Å². The van der Waals surface area contributed by atoms with E-state index in [4.69, 9.17) is 0 Å². The Morgan fingerprint density at radius 2 is 1.93 bits per heavy atom. The monoisotopic (exact) mass is 204 g/mol. The molecule has 0 N–H and O–H groups in total. The molecule has 0 bridgehead atoms. The van der Waals surface area contributed by atoms with Crippen molar-refractivity contribution in [2.45, 2.75) is 53.4 Å². The first-order valence-electron chi connectivity index (χ1n) is 6.49. The summed E-state index contributed by atoms with van der Waals surface area (Å²) < 4.78 is 0. The van der Waals surface area contributed by atoms with Crippen LogP contribution in [0.1, 0.15) is 53.4 Å². The second kappa shape index (κ2) is 4.15. The van der Waals surface area contributed by atoms with Gasteiger partial charge in [0.1, 0.15) is 0 Å². The SMILES string of the molecule is CC1=CC2=C(CC1)[C@@H](C)CC[C@@H]2C(C)C. The molecule has 0 aromatic heterocycles. The second-order valence-corrected chi connectivity index (χ2v) is 5.80. The summed E-state index contributed by atoms with van der Waals surface area (Å²) in [6, 6.07) is 0. The largest absolute Gasteiger partial charge is 0.0727 e. The third-order valence-electron chi connectivity index (χ3n) is 4.27. The van der Waals surface area contributed by atoms with Crippen molar-refractivity contribution < 1.29 is 0 Å². The Labute approximate surface area is 94.5 Å². The van der Waals surface area contributed by atoms with E-state index in [1.165, 1.54) is 25.7 Å². The van der Waals surface area contributed by atoms with Crippen LogP contribution in [0.25, 0.3) is 0 Å². The van der Waals surface area contributed by atoms with Crippen LogP contribution < -0.4 is 0 Å². The van der Waals surface area contributed by atoms with Gasteiger partial charge in [0, 0.05) is 0 Å². The number of hydrogen-bond acceptors (Lipinski definition) is 0. The van der Waals surface area contributed by atoms with Crippen molar-refractivity contribution in [1.82, 2.24) is 0 Å². The van der Waals surface area contributed by atoms with Crippen molar-refractivity contribution >= 4 is 0 Å². The molecule has 0 nitrogen and oxygen atoms in total. The van der Waals surface area contributed by atoms with Crippen LogP contribution in [-0.2, 0) is 0 Å². The lowest BCUT2D eigenvalue weighted by Crippen LogP contribution is -2.23. The van der Waals surface area contributed by atoms with Gasteiger partial charge >= 0.3 is 0 Å². The molecule has 15 heavy (non-hydrogen) atoms. The molecule has 0 aromatic rings. The van der Waals surface area contributed by atoms with Crippen molar-refractivity contribution in [3.63, 3.8) is 0 Å². The fourth-order valence-electron chi connectivity index (χ4n) is 3.23. The number of hydrogen-bond donors (Lipinski definition) is 0. The molecular weight excluding hydrogens is 180 g/mol. The molecular formula is C15H24. The van der Waals surface area contributed by atoms with Crippen molar-refractivity contribution in [2.75, 3.05) is 0 Å². The zero-order valence-electron chi connectivity index (χ0n) is 10.6. The summed E-state index contributed by atoms with van der Waals surface area (Å²) in [6.45, 7) is 9.47. The Morgan fingerprint density at radius 1 is 1.20 bits per heavy atom.